The number of hydrogen-bond donors (Lipinski definition) is 1. The lowest BCUT2D eigenvalue weighted by Gasteiger charge is -2.13. The van der Waals surface area contributed by atoms with E-state index in [4.69, 9.17) is 9.47 Å². The van der Waals surface area contributed by atoms with Crippen molar-refractivity contribution in [2.75, 3.05) is 7.11 Å². The molecule has 3 aromatic rings. The monoisotopic (exact) mass is 321 g/mol. The van der Waals surface area contributed by atoms with Gasteiger partial charge in [0.15, 0.2) is 0 Å². The maximum absolute atomic E-state index is 10.5. The van der Waals surface area contributed by atoms with Gasteiger partial charge < -0.3 is 14.6 Å². The third-order valence-electron chi connectivity index (χ3n) is 3.76. The molecule has 0 fully saturated rings. The minimum atomic E-state index is -0.697. The van der Waals surface area contributed by atoms with Crippen molar-refractivity contribution in [3.8, 4) is 11.5 Å². The fraction of sp³-hybridized carbons (Fsp3) is 0.150. The van der Waals surface area contributed by atoms with E-state index in [9.17, 15) is 5.11 Å². The van der Waals surface area contributed by atoms with E-state index < -0.39 is 6.10 Å². The first-order chi connectivity index (χ1) is 11.8. The molecule has 0 aliphatic rings. The molecule has 0 saturated heterocycles. The third-order valence-corrected chi connectivity index (χ3v) is 3.76. The van der Waals surface area contributed by atoms with Crippen molar-refractivity contribution in [3.63, 3.8) is 0 Å². The number of ether oxygens (including phenoxy) is 2. The summed E-state index contributed by atoms with van der Waals surface area (Å²) in [4.78, 5) is 3.97. The zero-order chi connectivity index (χ0) is 16.8. The summed E-state index contributed by atoms with van der Waals surface area (Å²) >= 11 is 0. The summed E-state index contributed by atoms with van der Waals surface area (Å²) in [5.41, 5.74) is 2.64. The largest absolute Gasteiger partial charge is 0.497 e. The summed E-state index contributed by atoms with van der Waals surface area (Å²) in [5.74, 6) is 1.54. The van der Waals surface area contributed by atoms with E-state index in [0.29, 0.717) is 6.61 Å². The Morgan fingerprint density at radius 3 is 2.38 bits per heavy atom. The van der Waals surface area contributed by atoms with Crippen LogP contribution < -0.4 is 9.47 Å². The molecular formula is C20H19NO3. The van der Waals surface area contributed by atoms with Crippen molar-refractivity contribution in [1.29, 1.82) is 0 Å². The second-order valence-electron chi connectivity index (χ2n) is 5.39. The first-order valence-electron chi connectivity index (χ1n) is 7.70. The SMILES string of the molecule is COc1ccc(COc2cccc([C@@H](O)c3ccncc3)c2)cc1. The molecular weight excluding hydrogens is 302 g/mol. The van der Waals surface area contributed by atoms with E-state index in [-0.39, 0.29) is 0 Å². The fourth-order valence-electron chi connectivity index (χ4n) is 2.40. The van der Waals surface area contributed by atoms with Crippen molar-refractivity contribution in [3.05, 3.63) is 89.7 Å². The average Bonchev–Trinajstić information content (AvgIpc) is 2.67. The quantitative estimate of drug-likeness (QED) is 0.751. The van der Waals surface area contributed by atoms with Gasteiger partial charge in [-0.2, -0.15) is 0 Å². The highest BCUT2D eigenvalue weighted by Crippen LogP contribution is 2.25. The van der Waals surface area contributed by atoms with Gasteiger partial charge in [0.05, 0.1) is 7.11 Å². The second-order valence-corrected chi connectivity index (χ2v) is 5.39. The van der Waals surface area contributed by atoms with Crippen molar-refractivity contribution in [2.45, 2.75) is 12.7 Å². The summed E-state index contributed by atoms with van der Waals surface area (Å²) in [7, 11) is 1.64. The van der Waals surface area contributed by atoms with E-state index in [1.807, 2.05) is 48.5 Å². The number of benzene rings is 2. The minimum Gasteiger partial charge on any atom is -0.497 e. The molecule has 1 heterocycles. The number of aromatic nitrogens is 1. The number of hydrogen-bond acceptors (Lipinski definition) is 4. The molecule has 0 unspecified atom stereocenters. The van der Waals surface area contributed by atoms with Crippen molar-refractivity contribution < 1.29 is 14.6 Å². The van der Waals surface area contributed by atoms with E-state index in [2.05, 4.69) is 4.98 Å². The lowest BCUT2D eigenvalue weighted by atomic mass is 10.0. The van der Waals surface area contributed by atoms with Crippen LogP contribution in [-0.4, -0.2) is 17.2 Å². The molecule has 0 spiro atoms. The van der Waals surface area contributed by atoms with Gasteiger partial charge in [-0.1, -0.05) is 24.3 Å². The Labute approximate surface area is 141 Å². The molecule has 0 aliphatic carbocycles. The topological polar surface area (TPSA) is 51.6 Å². The summed E-state index contributed by atoms with van der Waals surface area (Å²) in [6.07, 6.45) is 2.64. The van der Waals surface area contributed by atoms with Crippen LogP contribution in [0.2, 0.25) is 0 Å². The Bertz CT molecular complexity index is 772. The number of nitrogens with zero attached hydrogens (tertiary/aromatic N) is 1. The number of aliphatic hydroxyl groups excluding tert-OH is 1. The van der Waals surface area contributed by atoms with Gasteiger partial charge in [-0.15, -0.1) is 0 Å². The van der Waals surface area contributed by atoms with E-state index in [1.165, 1.54) is 0 Å². The van der Waals surface area contributed by atoms with Crippen LogP contribution >= 0.6 is 0 Å². The van der Waals surface area contributed by atoms with Crippen LogP contribution in [0.15, 0.2) is 73.1 Å². The number of rotatable bonds is 6. The van der Waals surface area contributed by atoms with Gasteiger partial charge in [-0.25, -0.2) is 0 Å². The fourth-order valence-corrected chi connectivity index (χ4v) is 2.40. The van der Waals surface area contributed by atoms with Gasteiger partial charge in [0.2, 0.25) is 0 Å². The Hall–Kier alpha value is -2.85. The van der Waals surface area contributed by atoms with E-state index in [1.54, 1.807) is 31.6 Å². The maximum atomic E-state index is 10.5. The van der Waals surface area contributed by atoms with E-state index >= 15 is 0 Å². The van der Waals surface area contributed by atoms with Gasteiger partial charge in [0, 0.05) is 12.4 Å². The molecule has 0 radical (unpaired) electrons. The van der Waals surface area contributed by atoms with Gasteiger partial charge in [0.25, 0.3) is 0 Å². The zero-order valence-corrected chi connectivity index (χ0v) is 13.4. The Kier molecular flexibility index (Phi) is 5.08. The number of methoxy groups -OCH3 is 1. The van der Waals surface area contributed by atoms with Crippen LogP contribution in [0.4, 0.5) is 0 Å². The van der Waals surface area contributed by atoms with Crippen LogP contribution in [0.5, 0.6) is 11.5 Å². The molecule has 3 rings (SSSR count). The summed E-state index contributed by atoms with van der Waals surface area (Å²) in [6, 6.07) is 18.8. The highest BCUT2D eigenvalue weighted by molar-refractivity contribution is 5.35. The number of pyridine rings is 1. The van der Waals surface area contributed by atoms with Crippen LogP contribution in [-0.2, 0) is 6.61 Å². The third kappa shape index (κ3) is 3.91. The van der Waals surface area contributed by atoms with Crippen molar-refractivity contribution >= 4 is 0 Å². The molecule has 0 saturated carbocycles. The Morgan fingerprint density at radius 1 is 0.917 bits per heavy atom. The lowest BCUT2D eigenvalue weighted by molar-refractivity contribution is 0.219. The molecule has 24 heavy (non-hydrogen) atoms. The smallest absolute Gasteiger partial charge is 0.120 e. The molecule has 0 bridgehead atoms. The first-order valence-corrected chi connectivity index (χ1v) is 7.70. The Balaban J connectivity index is 1.68. The first kappa shape index (κ1) is 16.0. The molecule has 4 nitrogen and oxygen atoms in total. The van der Waals surface area contributed by atoms with Crippen LogP contribution in [0.3, 0.4) is 0 Å². The lowest BCUT2D eigenvalue weighted by Crippen LogP contribution is -2.01. The predicted molar refractivity (Wildman–Crippen MR) is 92.1 cm³/mol. The van der Waals surface area contributed by atoms with Crippen molar-refractivity contribution in [1.82, 2.24) is 4.98 Å². The Morgan fingerprint density at radius 2 is 1.67 bits per heavy atom. The highest BCUT2D eigenvalue weighted by atomic mass is 16.5. The van der Waals surface area contributed by atoms with Crippen LogP contribution in [0.25, 0.3) is 0 Å². The maximum Gasteiger partial charge on any atom is 0.120 e. The highest BCUT2D eigenvalue weighted by Gasteiger charge is 2.11. The zero-order valence-electron chi connectivity index (χ0n) is 13.4. The van der Waals surface area contributed by atoms with Gasteiger partial charge in [-0.05, 0) is 53.1 Å². The summed E-state index contributed by atoms with van der Waals surface area (Å²) in [6.45, 7) is 0.457. The summed E-state index contributed by atoms with van der Waals surface area (Å²) in [5, 5.41) is 10.5. The number of aliphatic hydroxyl groups is 1. The molecule has 1 N–H and O–H groups in total. The van der Waals surface area contributed by atoms with Crippen LogP contribution in [0, 0.1) is 0 Å². The van der Waals surface area contributed by atoms with Crippen molar-refractivity contribution in [2.24, 2.45) is 0 Å². The van der Waals surface area contributed by atoms with Gasteiger partial charge in [-0.3, -0.25) is 4.98 Å². The molecule has 0 amide bonds. The minimum absolute atomic E-state index is 0.457. The molecule has 4 heteroatoms. The molecule has 122 valence electrons. The molecule has 2 aromatic carbocycles. The molecule has 0 aliphatic heterocycles. The average molecular weight is 321 g/mol. The van der Waals surface area contributed by atoms with Gasteiger partial charge in [0.1, 0.15) is 24.2 Å². The molecule has 1 atom stereocenters. The second kappa shape index (κ2) is 7.62. The predicted octanol–water partition coefficient (Wildman–Crippen LogP) is 3.75. The standard InChI is InChI=1S/C20H19NO3/c1-23-18-7-5-15(6-8-18)14-24-19-4-2-3-17(13-19)20(22)16-9-11-21-12-10-16/h2-13,20,22H,14H2,1H3/t20-/m0/s1. The van der Waals surface area contributed by atoms with Gasteiger partial charge >= 0.3 is 0 Å². The van der Waals surface area contributed by atoms with E-state index in [0.717, 1.165) is 28.2 Å². The van der Waals surface area contributed by atoms with Crippen LogP contribution in [0.1, 0.15) is 22.8 Å². The normalized spacial score (nSPS) is 11.8. The molecule has 1 aromatic heterocycles. The summed E-state index contributed by atoms with van der Waals surface area (Å²) < 4.78 is 11.0.